The zero-order valence-corrected chi connectivity index (χ0v) is 19.9. The largest absolute Gasteiger partial charge is 0.338 e. The molecule has 0 radical (unpaired) electrons. The first-order valence-corrected chi connectivity index (χ1v) is 12.2. The van der Waals surface area contributed by atoms with Gasteiger partial charge in [-0.1, -0.05) is 0 Å². The van der Waals surface area contributed by atoms with Crippen LogP contribution in [0.3, 0.4) is 0 Å². The van der Waals surface area contributed by atoms with Gasteiger partial charge in [0.05, 0.1) is 10.2 Å². The lowest BCUT2D eigenvalue weighted by Crippen LogP contribution is -2.54. The SMILES string of the molecule is Cc1csc2c(NNc3nc(N4CC(N)CC(N)C4)nc(N4CC(N)CC(N)C4)n3)ncnc12. The Bertz CT molecular complexity index is 1090. The first-order chi connectivity index (χ1) is 16.4. The number of hydrazine groups is 1. The van der Waals surface area contributed by atoms with E-state index in [1.165, 1.54) is 6.33 Å². The van der Waals surface area contributed by atoms with Gasteiger partial charge < -0.3 is 32.7 Å². The fourth-order valence-corrected chi connectivity index (χ4v) is 5.50. The molecule has 182 valence electrons. The molecule has 10 N–H and O–H groups in total. The fourth-order valence-electron chi connectivity index (χ4n) is 4.55. The topological polar surface area (TPSA) is 199 Å². The highest BCUT2D eigenvalue weighted by atomic mass is 32.1. The van der Waals surface area contributed by atoms with Gasteiger partial charge in [0, 0.05) is 50.3 Å². The summed E-state index contributed by atoms with van der Waals surface area (Å²) < 4.78 is 0.947. The second-order valence-corrected chi connectivity index (χ2v) is 10.0. The quantitative estimate of drug-likeness (QED) is 0.249. The van der Waals surface area contributed by atoms with Crippen LogP contribution in [0.5, 0.6) is 0 Å². The highest BCUT2D eigenvalue weighted by molar-refractivity contribution is 7.18. The summed E-state index contributed by atoms with van der Waals surface area (Å²) in [6.07, 6.45) is 3.06. The highest BCUT2D eigenvalue weighted by Crippen LogP contribution is 2.28. The number of hydrogen-bond acceptors (Lipinski definition) is 14. The summed E-state index contributed by atoms with van der Waals surface area (Å²) in [7, 11) is 0. The van der Waals surface area contributed by atoms with E-state index in [2.05, 4.69) is 36.2 Å². The molecule has 0 saturated carbocycles. The van der Waals surface area contributed by atoms with E-state index in [9.17, 15) is 0 Å². The van der Waals surface area contributed by atoms with Gasteiger partial charge in [0.2, 0.25) is 17.8 Å². The predicted molar refractivity (Wildman–Crippen MR) is 135 cm³/mol. The minimum absolute atomic E-state index is 0.0494. The van der Waals surface area contributed by atoms with Crippen LogP contribution in [0.4, 0.5) is 23.7 Å². The van der Waals surface area contributed by atoms with E-state index < -0.39 is 0 Å². The van der Waals surface area contributed by atoms with Crippen molar-refractivity contribution in [1.82, 2.24) is 24.9 Å². The van der Waals surface area contributed by atoms with E-state index >= 15 is 0 Å². The summed E-state index contributed by atoms with van der Waals surface area (Å²) in [5.74, 6) is 2.01. The van der Waals surface area contributed by atoms with Crippen molar-refractivity contribution in [3.63, 3.8) is 0 Å². The van der Waals surface area contributed by atoms with Crippen molar-refractivity contribution in [3.05, 3.63) is 17.3 Å². The number of nitrogens with one attached hydrogen (secondary N) is 2. The van der Waals surface area contributed by atoms with Crippen LogP contribution >= 0.6 is 11.3 Å². The van der Waals surface area contributed by atoms with E-state index in [1.54, 1.807) is 11.3 Å². The summed E-state index contributed by atoms with van der Waals surface area (Å²) in [6.45, 7) is 4.48. The number of nitrogens with two attached hydrogens (primary N) is 4. The van der Waals surface area contributed by atoms with Gasteiger partial charge in [-0.2, -0.15) is 15.0 Å². The number of nitrogens with zero attached hydrogens (tertiary/aromatic N) is 7. The normalized spacial score (nSPS) is 25.6. The van der Waals surface area contributed by atoms with Gasteiger partial charge in [-0.3, -0.25) is 10.9 Å². The Labute approximate surface area is 201 Å². The number of aromatic nitrogens is 5. The van der Waals surface area contributed by atoms with Crippen LogP contribution < -0.4 is 43.6 Å². The van der Waals surface area contributed by atoms with Crippen LogP contribution in [0.15, 0.2) is 11.7 Å². The first-order valence-electron chi connectivity index (χ1n) is 11.3. The molecule has 5 heterocycles. The number of thiophene rings is 1. The average Bonchev–Trinajstić information content (AvgIpc) is 3.17. The number of aryl methyl sites for hydroxylation is 1. The molecule has 2 aliphatic heterocycles. The number of hydrogen-bond donors (Lipinski definition) is 6. The van der Waals surface area contributed by atoms with E-state index in [-0.39, 0.29) is 24.2 Å². The van der Waals surface area contributed by atoms with Gasteiger partial charge in [0.25, 0.3) is 0 Å². The molecule has 2 saturated heterocycles. The maximum absolute atomic E-state index is 6.22. The van der Waals surface area contributed by atoms with Crippen LogP contribution in [0, 0.1) is 6.92 Å². The second kappa shape index (κ2) is 9.38. The molecule has 0 spiro atoms. The molecular formula is C20H31N13S. The lowest BCUT2D eigenvalue weighted by atomic mass is 10.0. The van der Waals surface area contributed by atoms with Crippen molar-refractivity contribution in [2.24, 2.45) is 22.9 Å². The summed E-state index contributed by atoms with van der Waals surface area (Å²) in [4.78, 5) is 26.8. The molecule has 14 heteroatoms. The van der Waals surface area contributed by atoms with Gasteiger partial charge >= 0.3 is 0 Å². The third-order valence-corrected chi connectivity index (χ3v) is 7.13. The second-order valence-electron chi connectivity index (χ2n) is 9.15. The molecule has 0 aromatic carbocycles. The molecule has 4 atom stereocenters. The number of anilines is 4. The zero-order chi connectivity index (χ0) is 23.8. The lowest BCUT2D eigenvalue weighted by molar-refractivity contribution is 0.441. The van der Waals surface area contributed by atoms with Crippen LogP contribution in [0.25, 0.3) is 10.2 Å². The Hall–Kier alpha value is -2.91. The Morgan fingerprint density at radius 1 is 0.824 bits per heavy atom. The minimum Gasteiger partial charge on any atom is -0.338 e. The summed E-state index contributed by atoms with van der Waals surface area (Å²) in [5, 5.41) is 2.05. The maximum Gasteiger partial charge on any atom is 0.248 e. The molecule has 3 aromatic rings. The van der Waals surface area contributed by atoms with Gasteiger partial charge in [-0.25, -0.2) is 9.97 Å². The number of rotatable bonds is 5. The molecule has 0 aliphatic carbocycles. The van der Waals surface area contributed by atoms with Gasteiger partial charge in [0.15, 0.2) is 5.82 Å². The van der Waals surface area contributed by atoms with Gasteiger partial charge in [0.1, 0.15) is 6.33 Å². The van der Waals surface area contributed by atoms with Crippen molar-refractivity contribution >= 4 is 45.2 Å². The molecule has 3 aromatic heterocycles. The van der Waals surface area contributed by atoms with Gasteiger partial charge in [-0.15, -0.1) is 11.3 Å². The molecule has 34 heavy (non-hydrogen) atoms. The van der Waals surface area contributed by atoms with E-state index in [0.29, 0.717) is 49.8 Å². The maximum atomic E-state index is 6.22. The molecule has 2 aliphatic rings. The smallest absolute Gasteiger partial charge is 0.248 e. The Kier molecular flexibility index (Phi) is 6.31. The minimum atomic E-state index is -0.0494. The third kappa shape index (κ3) is 4.81. The van der Waals surface area contributed by atoms with E-state index in [0.717, 1.165) is 28.6 Å². The predicted octanol–water partition coefficient (Wildman–Crippen LogP) is -0.647. The Morgan fingerprint density at radius 2 is 1.38 bits per heavy atom. The van der Waals surface area contributed by atoms with Crippen molar-refractivity contribution < 1.29 is 0 Å². The average molecular weight is 486 g/mol. The van der Waals surface area contributed by atoms with Crippen molar-refractivity contribution in [3.8, 4) is 0 Å². The van der Waals surface area contributed by atoms with Crippen LogP contribution in [0.2, 0.25) is 0 Å². The molecule has 5 rings (SSSR count). The third-order valence-electron chi connectivity index (χ3n) is 6.03. The summed E-state index contributed by atoms with van der Waals surface area (Å²) >= 11 is 1.58. The van der Waals surface area contributed by atoms with Crippen LogP contribution in [-0.4, -0.2) is 75.3 Å². The monoisotopic (exact) mass is 485 g/mol. The van der Waals surface area contributed by atoms with Gasteiger partial charge in [-0.05, 0) is 30.7 Å². The van der Waals surface area contributed by atoms with Crippen LogP contribution in [0.1, 0.15) is 18.4 Å². The molecular weight excluding hydrogens is 454 g/mol. The Morgan fingerprint density at radius 3 is 1.94 bits per heavy atom. The van der Waals surface area contributed by atoms with Crippen molar-refractivity contribution in [2.45, 2.75) is 43.9 Å². The molecule has 2 fully saturated rings. The van der Waals surface area contributed by atoms with Crippen molar-refractivity contribution in [2.75, 3.05) is 46.8 Å². The molecule has 13 nitrogen and oxygen atoms in total. The Balaban J connectivity index is 1.45. The molecule has 0 amide bonds. The zero-order valence-electron chi connectivity index (χ0n) is 19.1. The fraction of sp³-hybridized carbons (Fsp3) is 0.550. The lowest BCUT2D eigenvalue weighted by Gasteiger charge is -2.37. The summed E-state index contributed by atoms with van der Waals surface area (Å²) in [6, 6.07) is -0.197. The standard InChI is InChI=1S/C20H31N13S/c1-10-8-34-16-15(10)25-9-26-17(16)30-31-18-27-19(32-4-11(21)2-12(22)5-32)29-20(28-18)33-6-13(23)3-14(24)7-33/h8-9,11-14H,2-7,21-24H2,1H3,(H,25,26,30)(H,27,28,29,31). The first kappa shape index (κ1) is 22.9. The van der Waals surface area contributed by atoms with E-state index in [1.807, 2.05) is 16.7 Å². The van der Waals surface area contributed by atoms with Crippen molar-refractivity contribution in [1.29, 1.82) is 0 Å². The van der Waals surface area contributed by atoms with Crippen LogP contribution in [-0.2, 0) is 0 Å². The number of fused-ring (bicyclic) bond motifs is 1. The molecule has 4 unspecified atom stereocenters. The molecule has 0 bridgehead atoms. The number of piperidine rings is 2. The van der Waals surface area contributed by atoms with E-state index in [4.69, 9.17) is 27.9 Å². The highest BCUT2D eigenvalue weighted by Gasteiger charge is 2.28. The summed E-state index contributed by atoms with van der Waals surface area (Å²) in [5.41, 5.74) is 33.1.